The minimum Gasteiger partial charge on any atom is -0.490 e. The summed E-state index contributed by atoms with van der Waals surface area (Å²) in [4.78, 5) is 15.7. The predicted octanol–water partition coefficient (Wildman–Crippen LogP) is 5.49. The molecular formula is C33H41ClN2O5S. The van der Waals surface area contributed by atoms with Crippen LogP contribution in [0.5, 0.6) is 5.75 Å². The highest BCUT2D eigenvalue weighted by atomic mass is 35.5. The molecule has 6 rings (SSSR count). The number of anilines is 1. The van der Waals surface area contributed by atoms with E-state index in [1.807, 2.05) is 19.1 Å². The van der Waals surface area contributed by atoms with Gasteiger partial charge in [0, 0.05) is 41.6 Å². The number of sulfonamides is 1. The van der Waals surface area contributed by atoms with Gasteiger partial charge in [0.25, 0.3) is 5.91 Å². The minimum atomic E-state index is -3.90. The highest BCUT2D eigenvalue weighted by Gasteiger charge is 2.44. The van der Waals surface area contributed by atoms with E-state index < -0.39 is 21.2 Å². The quantitative estimate of drug-likeness (QED) is 0.414. The lowest BCUT2D eigenvalue weighted by Crippen LogP contribution is -2.49. The SMILES string of the molecule is C[C@@H]1[C@@H](C)C/C=C\[C@@H](CO)[C@@H]2CC[C@H]2CN2C[C@@]3(CCCc4cc(Cl)ccc43)COc3ccc(cc32)C(=O)NS1(=O)=O. The summed E-state index contributed by atoms with van der Waals surface area (Å²) in [7, 11) is -3.90. The van der Waals surface area contributed by atoms with E-state index in [9.17, 15) is 18.3 Å². The number of carbonyl (C=O) groups is 1. The molecule has 1 fully saturated rings. The van der Waals surface area contributed by atoms with E-state index in [0.29, 0.717) is 36.2 Å². The number of benzene rings is 2. The number of allylic oxidation sites excluding steroid dienone is 1. The summed E-state index contributed by atoms with van der Waals surface area (Å²) in [6.45, 7) is 5.59. The van der Waals surface area contributed by atoms with Gasteiger partial charge in [0.15, 0.2) is 0 Å². The molecule has 1 spiro atoms. The van der Waals surface area contributed by atoms with Gasteiger partial charge in [-0.25, -0.2) is 13.1 Å². The smallest absolute Gasteiger partial charge is 0.264 e. The van der Waals surface area contributed by atoms with Crippen molar-refractivity contribution in [3.8, 4) is 5.75 Å². The number of nitrogens with one attached hydrogen (secondary N) is 1. The zero-order valence-electron chi connectivity index (χ0n) is 24.4. The highest BCUT2D eigenvalue weighted by Crippen LogP contribution is 2.47. The van der Waals surface area contributed by atoms with Crippen LogP contribution in [-0.2, 0) is 21.9 Å². The average Bonchev–Trinajstić information content (AvgIpc) is 3.10. The Labute approximate surface area is 254 Å². The van der Waals surface area contributed by atoms with Crippen molar-refractivity contribution in [1.82, 2.24) is 4.72 Å². The number of fused-ring (bicyclic) bond motifs is 4. The molecule has 0 radical (unpaired) electrons. The molecule has 7 nitrogen and oxygen atoms in total. The monoisotopic (exact) mass is 612 g/mol. The number of aliphatic hydroxyl groups is 1. The van der Waals surface area contributed by atoms with Gasteiger partial charge in [0.05, 0.1) is 17.5 Å². The van der Waals surface area contributed by atoms with E-state index in [1.54, 1.807) is 25.1 Å². The van der Waals surface area contributed by atoms with Crippen molar-refractivity contribution in [2.24, 2.45) is 23.7 Å². The molecule has 2 heterocycles. The largest absolute Gasteiger partial charge is 0.490 e. The molecule has 2 aliphatic heterocycles. The summed E-state index contributed by atoms with van der Waals surface area (Å²) in [5, 5.41) is 10.3. The van der Waals surface area contributed by atoms with E-state index >= 15 is 0 Å². The normalized spacial score (nSPS) is 33.3. The van der Waals surface area contributed by atoms with Crippen LogP contribution >= 0.6 is 11.6 Å². The molecule has 2 aromatic carbocycles. The number of halogens is 1. The number of hydrogen-bond donors (Lipinski definition) is 2. The Bertz CT molecular complexity index is 1490. The number of aryl methyl sites for hydroxylation is 1. The lowest BCUT2D eigenvalue weighted by atomic mass is 9.66. The number of amides is 1. The van der Waals surface area contributed by atoms with Crippen molar-refractivity contribution in [3.63, 3.8) is 0 Å². The number of rotatable bonds is 1. The van der Waals surface area contributed by atoms with Crippen LogP contribution in [0.3, 0.4) is 0 Å². The molecule has 2 N–H and O–H groups in total. The fourth-order valence-corrected chi connectivity index (χ4v) is 8.99. The Balaban J connectivity index is 1.43. The third kappa shape index (κ3) is 5.46. The second-order valence-electron chi connectivity index (χ2n) is 13.0. The maximum Gasteiger partial charge on any atom is 0.264 e. The van der Waals surface area contributed by atoms with Crippen molar-refractivity contribution in [1.29, 1.82) is 0 Å². The first-order valence-corrected chi connectivity index (χ1v) is 17.2. The molecule has 1 amide bonds. The highest BCUT2D eigenvalue weighted by molar-refractivity contribution is 7.90. The van der Waals surface area contributed by atoms with Gasteiger partial charge in [0.2, 0.25) is 10.0 Å². The molecule has 4 aliphatic rings. The number of aliphatic hydroxyl groups excluding tert-OH is 1. The van der Waals surface area contributed by atoms with Crippen molar-refractivity contribution in [3.05, 3.63) is 70.3 Å². The first kappa shape index (κ1) is 29.5. The lowest BCUT2D eigenvalue weighted by Gasteiger charge is -2.46. The number of carbonyl (C=O) groups excluding carboxylic acids is 1. The van der Waals surface area contributed by atoms with E-state index in [4.69, 9.17) is 16.3 Å². The van der Waals surface area contributed by atoms with Gasteiger partial charge in [-0.15, -0.1) is 0 Å². The topological polar surface area (TPSA) is 95.9 Å². The fourth-order valence-electron chi connectivity index (χ4n) is 7.51. The van der Waals surface area contributed by atoms with Gasteiger partial charge in [-0.2, -0.15) is 0 Å². The lowest BCUT2D eigenvalue weighted by molar-refractivity contribution is 0.0892. The zero-order valence-corrected chi connectivity index (χ0v) is 26.0. The standard InChI is InChI=1S/C33H41ClN2O5S/c1-21-5-3-6-26(18-37)28-11-8-25(28)17-36-19-33(14-4-7-23-15-27(34)10-12-29(23)33)20-41-31-13-9-24(16-30(31)36)32(38)35-42(39,40)22(21)2/h3,6,9-10,12-13,15-16,21-22,25-26,28,37H,4-5,7-8,11,14,17-20H2,1-2H3,(H,35,38)/b6-3-/t21-,22+,25-,26-,28+,33-/m0/s1. The summed E-state index contributed by atoms with van der Waals surface area (Å²) in [6, 6.07) is 11.4. The molecular weight excluding hydrogens is 572 g/mol. The van der Waals surface area contributed by atoms with E-state index in [0.717, 1.165) is 55.9 Å². The summed E-state index contributed by atoms with van der Waals surface area (Å²) in [5.41, 5.74) is 3.39. The Morgan fingerprint density at radius 1 is 1.17 bits per heavy atom. The maximum atomic E-state index is 13.3. The number of nitrogens with zero attached hydrogens (tertiary/aromatic N) is 1. The Kier molecular flexibility index (Phi) is 8.09. The van der Waals surface area contributed by atoms with Gasteiger partial charge < -0.3 is 14.7 Å². The molecule has 1 saturated carbocycles. The second kappa shape index (κ2) is 11.5. The van der Waals surface area contributed by atoms with Gasteiger partial charge in [-0.05, 0) is 105 Å². The van der Waals surface area contributed by atoms with Gasteiger partial charge in [-0.3, -0.25) is 4.79 Å². The predicted molar refractivity (Wildman–Crippen MR) is 166 cm³/mol. The van der Waals surface area contributed by atoms with Crippen LogP contribution in [0.2, 0.25) is 5.02 Å². The minimum absolute atomic E-state index is 0.0241. The molecule has 226 valence electrons. The second-order valence-corrected chi connectivity index (χ2v) is 15.4. The average molecular weight is 613 g/mol. The number of ether oxygens (including phenoxy) is 1. The molecule has 2 aromatic rings. The molecule has 6 atom stereocenters. The molecule has 0 aromatic heterocycles. The molecule has 9 heteroatoms. The van der Waals surface area contributed by atoms with Crippen LogP contribution in [0.25, 0.3) is 0 Å². The van der Waals surface area contributed by atoms with Crippen molar-refractivity contribution in [2.75, 3.05) is 31.2 Å². The van der Waals surface area contributed by atoms with Crippen molar-refractivity contribution in [2.45, 2.75) is 63.0 Å². The summed E-state index contributed by atoms with van der Waals surface area (Å²) >= 11 is 6.39. The molecule has 42 heavy (non-hydrogen) atoms. The summed E-state index contributed by atoms with van der Waals surface area (Å²) in [5.74, 6) is 0.614. The van der Waals surface area contributed by atoms with Crippen LogP contribution in [0.1, 0.15) is 67.4 Å². The van der Waals surface area contributed by atoms with E-state index in [2.05, 4.69) is 27.8 Å². The Morgan fingerprint density at radius 2 is 2.00 bits per heavy atom. The van der Waals surface area contributed by atoms with E-state index in [-0.39, 0.29) is 23.9 Å². The molecule has 0 unspecified atom stereocenters. The van der Waals surface area contributed by atoms with Gasteiger partial charge in [0.1, 0.15) is 5.75 Å². The van der Waals surface area contributed by atoms with Crippen LogP contribution in [0.4, 0.5) is 5.69 Å². The van der Waals surface area contributed by atoms with Crippen LogP contribution in [0, 0.1) is 23.7 Å². The van der Waals surface area contributed by atoms with Gasteiger partial charge in [-0.1, -0.05) is 36.7 Å². The van der Waals surface area contributed by atoms with Crippen LogP contribution in [-0.4, -0.2) is 51.0 Å². The van der Waals surface area contributed by atoms with Crippen molar-refractivity contribution < 1.29 is 23.1 Å². The van der Waals surface area contributed by atoms with Crippen LogP contribution < -0.4 is 14.4 Å². The maximum absolute atomic E-state index is 13.3. The van der Waals surface area contributed by atoms with Crippen LogP contribution in [0.15, 0.2) is 48.6 Å². The summed E-state index contributed by atoms with van der Waals surface area (Å²) < 4.78 is 35.3. The third-order valence-electron chi connectivity index (χ3n) is 10.4. The summed E-state index contributed by atoms with van der Waals surface area (Å²) in [6.07, 6.45) is 9.77. The third-order valence-corrected chi connectivity index (χ3v) is 12.6. The molecule has 2 bridgehead atoms. The number of hydrogen-bond acceptors (Lipinski definition) is 6. The van der Waals surface area contributed by atoms with E-state index in [1.165, 1.54) is 11.1 Å². The first-order chi connectivity index (χ1) is 20.1. The van der Waals surface area contributed by atoms with Crippen molar-refractivity contribution >= 4 is 33.2 Å². The van der Waals surface area contributed by atoms with Gasteiger partial charge >= 0.3 is 0 Å². The zero-order chi connectivity index (χ0) is 29.6. The molecule has 2 aliphatic carbocycles. The Hall–Kier alpha value is -2.55. The Morgan fingerprint density at radius 3 is 2.76 bits per heavy atom. The first-order valence-electron chi connectivity index (χ1n) is 15.2. The fraction of sp³-hybridized carbons (Fsp3) is 0.545. The molecule has 0 saturated heterocycles.